The largest absolute Gasteiger partial charge is 0.507 e. The standard InChI is InChI=1S/C29H33NO8/c1-5-30-14-38-16-10-19-17(22(11-16)34-2)6-7-18-26(19)21(31)12-23-27(18)28(32)20(13-37-23)15-8-24(35-3)29(33)25(9-15)36-4/h8-12,20,28,30-33H,5-7,13-14H2,1-4H3/t20-,28-/m0/s1. The van der Waals surface area contributed by atoms with Gasteiger partial charge in [0, 0.05) is 34.7 Å². The molecule has 0 saturated carbocycles. The molecule has 1 aliphatic heterocycles. The molecule has 5 rings (SSSR count). The van der Waals surface area contributed by atoms with Crippen molar-refractivity contribution >= 4 is 0 Å². The normalized spacial score (nSPS) is 17.5. The van der Waals surface area contributed by atoms with Crippen molar-refractivity contribution in [1.82, 2.24) is 5.32 Å². The van der Waals surface area contributed by atoms with E-state index in [1.165, 1.54) is 14.2 Å². The van der Waals surface area contributed by atoms with Gasteiger partial charge in [-0.2, -0.15) is 0 Å². The molecule has 2 atom stereocenters. The summed E-state index contributed by atoms with van der Waals surface area (Å²) in [6.07, 6.45) is 0.318. The SMILES string of the molecule is CCNCOc1cc(OC)c2c(c1)-c1c(O)cc3c(c1CC2)[C@@H](O)[C@H](c1cc(OC)c(O)c(OC)c1)CO3. The van der Waals surface area contributed by atoms with E-state index in [9.17, 15) is 15.3 Å². The first-order valence-electron chi connectivity index (χ1n) is 12.6. The van der Waals surface area contributed by atoms with Gasteiger partial charge in [-0.1, -0.05) is 6.92 Å². The maximum atomic E-state index is 11.7. The molecule has 0 saturated heterocycles. The lowest BCUT2D eigenvalue weighted by Gasteiger charge is -2.35. The molecule has 3 aromatic rings. The molecular weight excluding hydrogens is 490 g/mol. The maximum absolute atomic E-state index is 11.7. The molecule has 0 bridgehead atoms. The highest BCUT2D eigenvalue weighted by molar-refractivity contribution is 5.84. The Labute approximate surface area is 221 Å². The highest BCUT2D eigenvalue weighted by Gasteiger charge is 2.37. The number of aliphatic hydroxyl groups excluding tert-OH is 1. The summed E-state index contributed by atoms with van der Waals surface area (Å²) in [6, 6.07) is 8.69. The van der Waals surface area contributed by atoms with Gasteiger partial charge < -0.3 is 39.0 Å². The van der Waals surface area contributed by atoms with E-state index < -0.39 is 12.0 Å². The second-order valence-corrected chi connectivity index (χ2v) is 9.34. The van der Waals surface area contributed by atoms with E-state index in [1.54, 1.807) is 25.3 Å². The van der Waals surface area contributed by atoms with E-state index in [-0.39, 0.29) is 29.6 Å². The van der Waals surface area contributed by atoms with Crippen LogP contribution in [0.3, 0.4) is 0 Å². The summed E-state index contributed by atoms with van der Waals surface area (Å²) >= 11 is 0. The molecule has 1 heterocycles. The summed E-state index contributed by atoms with van der Waals surface area (Å²) in [7, 11) is 4.54. The van der Waals surface area contributed by atoms with Gasteiger partial charge >= 0.3 is 0 Å². The van der Waals surface area contributed by atoms with Gasteiger partial charge in [-0.25, -0.2) is 0 Å². The van der Waals surface area contributed by atoms with Gasteiger partial charge in [0.1, 0.15) is 29.7 Å². The number of hydrogen-bond donors (Lipinski definition) is 4. The lowest BCUT2D eigenvalue weighted by Crippen LogP contribution is -2.26. The van der Waals surface area contributed by atoms with Crippen LogP contribution in [0.1, 0.15) is 41.2 Å². The van der Waals surface area contributed by atoms with Gasteiger partial charge in [0.15, 0.2) is 11.5 Å². The fourth-order valence-electron chi connectivity index (χ4n) is 5.45. The van der Waals surface area contributed by atoms with Gasteiger partial charge in [-0.15, -0.1) is 0 Å². The molecule has 0 radical (unpaired) electrons. The summed E-state index contributed by atoms with van der Waals surface area (Å²) in [5.41, 5.74) is 4.59. The summed E-state index contributed by atoms with van der Waals surface area (Å²) in [5.74, 6) is 1.77. The zero-order chi connectivity index (χ0) is 27.0. The molecule has 0 fully saturated rings. The first kappa shape index (κ1) is 25.8. The number of aromatic hydroxyl groups is 2. The number of fused-ring (bicyclic) bond motifs is 5. The Hall–Kier alpha value is -3.82. The Morgan fingerprint density at radius 1 is 0.921 bits per heavy atom. The zero-order valence-corrected chi connectivity index (χ0v) is 22.0. The van der Waals surface area contributed by atoms with Crippen molar-refractivity contribution in [3.8, 4) is 51.4 Å². The van der Waals surface area contributed by atoms with Crippen LogP contribution in [0, 0.1) is 0 Å². The average Bonchev–Trinajstić information content (AvgIpc) is 2.92. The highest BCUT2D eigenvalue weighted by Crippen LogP contribution is 2.53. The first-order chi connectivity index (χ1) is 18.4. The minimum atomic E-state index is -0.927. The average molecular weight is 524 g/mol. The molecular formula is C29H33NO8. The summed E-state index contributed by atoms with van der Waals surface area (Å²) < 4.78 is 28.3. The van der Waals surface area contributed by atoms with Crippen molar-refractivity contribution in [2.75, 3.05) is 41.2 Å². The number of phenolic OH excluding ortho intramolecular Hbond substituents is 2. The molecule has 0 spiro atoms. The van der Waals surface area contributed by atoms with Crippen molar-refractivity contribution in [2.24, 2.45) is 0 Å². The molecule has 38 heavy (non-hydrogen) atoms. The van der Waals surface area contributed by atoms with Gasteiger partial charge in [-0.3, -0.25) is 5.32 Å². The molecule has 3 aromatic carbocycles. The van der Waals surface area contributed by atoms with Crippen LogP contribution in [0.15, 0.2) is 30.3 Å². The summed E-state index contributed by atoms with van der Waals surface area (Å²) in [5, 5.41) is 36.3. The third-order valence-electron chi connectivity index (χ3n) is 7.33. The molecule has 4 N–H and O–H groups in total. The predicted octanol–water partition coefficient (Wildman–Crippen LogP) is 4.04. The number of methoxy groups -OCH3 is 3. The van der Waals surface area contributed by atoms with E-state index in [2.05, 4.69) is 5.32 Å². The first-order valence-corrected chi connectivity index (χ1v) is 12.6. The van der Waals surface area contributed by atoms with Crippen LogP contribution in [0.25, 0.3) is 11.1 Å². The Bertz CT molecular complexity index is 1330. The maximum Gasteiger partial charge on any atom is 0.200 e. The molecule has 2 aliphatic rings. The van der Waals surface area contributed by atoms with Crippen LogP contribution < -0.4 is 29.0 Å². The van der Waals surface area contributed by atoms with Crippen LogP contribution in [0.5, 0.6) is 40.2 Å². The minimum absolute atomic E-state index is 0.0733. The lowest BCUT2D eigenvalue weighted by molar-refractivity contribution is 0.0875. The Morgan fingerprint density at radius 2 is 1.61 bits per heavy atom. The number of aliphatic hydroxyl groups is 1. The second-order valence-electron chi connectivity index (χ2n) is 9.34. The third-order valence-corrected chi connectivity index (χ3v) is 7.33. The van der Waals surface area contributed by atoms with E-state index >= 15 is 0 Å². The van der Waals surface area contributed by atoms with Crippen molar-refractivity contribution in [2.45, 2.75) is 31.8 Å². The van der Waals surface area contributed by atoms with Gasteiger partial charge in [0.2, 0.25) is 5.75 Å². The number of benzene rings is 3. The van der Waals surface area contributed by atoms with E-state index in [0.717, 1.165) is 23.2 Å². The molecule has 9 nitrogen and oxygen atoms in total. The Balaban J connectivity index is 1.61. The van der Waals surface area contributed by atoms with Crippen LogP contribution >= 0.6 is 0 Å². The summed E-state index contributed by atoms with van der Waals surface area (Å²) in [6.45, 7) is 3.29. The Morgan fingerprint density at radius 3 is 2.26 bits per heavy atom. The van der Waals surface area contributed by atoms with Gasteiger partial charge in [-0.05, 0) is 54.3 Å². The second kappa shape index (κ2) is 10.5. The number of hydrogen-bond acceptors (Lipinski definition) is 9. The lowest BCUT2D eigenvalue weighted by atomic mass is 9.77. The van der Waals surface area contributed by atoms with Crippen LogP contribution in [0.2, 0.25) is 0 Å². The minimum Gasteiger partial charge on any atom is -0.507 e. The quantitative estimate of drug-likeness (QED) is 0.256. The van der Waals surface area contributed by atoms with Crippen LogP contribution in [-0.2, 0) is 12.8 Å². The van der Waals surface area contributed by atoms with E-state index in [1.807, 2.05) is 19.1 Å². The third kappa shape index (κ3) is 4.31. The predicted molar refractivity (Wildman–Crippen MR) is 141 cm³/mol. The molecule has 0 unspecified atom stereocenters. The molecule has 9 heteroatoms. The molecule has 0 amide bonds. The molecule has 0 aromatic heterocycles. The highest BCUT2D eigenvalue weighted by atomic mass is 16.5. The molecule has 1 aliphatic carbocycles. The van der Waals surface area contributed by atoms with Crippen molar-refractivity contribution in [1.29, 1.82) is 0 Å². The zero-order valence-electron chi connectivity index (χ0n) is 22.0. The Kier molecular flexibility index (Phi) is 7.14. The van der Waals surface area contributed by atoms with Gasteiger partial charge in [0.05, 0.1) is 34.0 Å². The number of phenols is 2. The number of ether oxygens (including phenoxy) is 5. The van der Waals surface area contributed by atoms with Crippen molar-refractivity contribution in [3.63, 3.8) is 0 Å². The van der Waals surface area contributed by atoms with Crippen LogP contribution in [0.4, 0.5) is 0 Å². The van der Waals surface area contributed by atoms with E-state index in [4.69, 9.17) is 23.7 Å². The van der Waals surface area contributed by atoms with Crippen molar-refractivity contribution in [3.05, 3.63) is 52.6 Å². The monoisotopic (exact) mass is 523 g/mol. The topological polar surface area (TPSA) is 119 Å². The smallest absolute Gasteiger partial charge is 0.200 e. The van der Waals surface area contributed by atoms with Crippen molar-refractivity contribution < 1.29 is 39.0 Å². The van der Waals surface area contributed by atoms with Crippen LogP contribution in [-0.4, -0.2) is 56.5 Å². The fraction of sp³-hybridized carbons (Fsp3) is 0.379. The number of rotatable bonds is 8. The summed E-state index contributed by atoms with van der Waals surface area (Å²) in [4.78, 5) is 0. The van der Waals surface area contributed by atoms with Gasteiger partial charge in [0.25, 0.3) is 0 Å². The molecule has 202 valence electrons. The fourth-order valence-corrected chi connectivity index (χ4v) is 5.45. The van der Waals surface area contributed by atoms with E-state index in [0.29, 0.717) is 53.5 Å². The number of nitrogens with one attached hydrogen (secondary N) is 1.